The Morgan fingerprint density at radius 1 is 1.59 bits per heavy atom. The van der Waals surface area contributed by atoms with Crippen LogP contribution in [-0.4, -0.2) is 24.4 Å². The lowest BCUT2D eigenvalue weighted by atomic mass is 9.94. The van der Waals surface area contributed by atoms with Gasteiger partial charge in [-0.15, -0.1) is 0 Å². The topological polar surface area (TPSA) is 49.8 Å². The second-order valence-electron chi connectivity index (χ2n) is 4.25. The lowest BCUT2D eigenvalue weighted by molar-refractivity contribution is 0.197. The van der Waals surface area contributed by atoms with Crippen molar-refractivity contribution < 1.29 is 14.6 Å². The second-order valence-corrected chi connectivity index (χ2v) is 4.25. The van der Waals surface area contributed by atoms with Crippen LogP contribution in [0.5, 0.6) is 5.75 Å². The molecule has 1 unspecified atom stereocenters. The van der Waals surface area contributed by atoms with Crippen LogP contribution in [0.15, 0.2) is 18.2 Å². The van der Waals surface area contributed by atoms with E-state index in [-0.39, 0.29) is 6.04 Å². The highest BCUT2D eigenvalue weighted by atomic mass is 16.5. The maximum atomic E-state index is 11.3. The lowest BCUT2D eigenvalue weighted by Crippen LogP contribution is -2.42. The zero-order chi connectivity index (χ0) is 12.4. The Morgan fingerprint density at radius 3 is 2.94 bits per heavy atom. The van der Waals surface area contributed by atoms with Crippen LogP contribution >= 0.6 is 0 Å². The Kier molecular flexibility index (Phi) is 3.22. The van der Waals surface area contributed by atoms with Gasteiger partial charge in [0.05, 0.1) is 12.8 Å². The quantitative estimate of drug-likeness (QED) is 0.857. The first-order valence-electron chi connectivity index (χ1n) is 5.86. The Morgan fingerprint density at radius 2 is 2.35 bits per heavy atom. The molecule has 1 aliphatic heterocycles. The van der Waals surface area contributed by atoms with E-state index in [9.17, 15) is 9.90 Å². The maximum Gasteiger partial charge on any atom is 0.412 e. The number of hydrogen-bond acceptors (Lipinski definition) is 2. The van der Waals surface area contributed by atoms with Crippen molar-refractivity contribution in [3.05, 3.63) is 23.8 Å². The fraction of sp³-hybridized carbons (Fsp3) is 0.462. The van der Waals surface area contributed by atoms with Crippen LogP contribution in [0, 0.1) is 0 Å². The summed E-state index contributed by atoms with van der Waals surface area (Å²) in [6.07, 6.45) is 1.76. The van der Waals surface area contributed by atoms with Gasteiger partial charge >= 0.3 is 6.09 Å². The van der Waals surface area contributed by atoms with Gasteiger partial charge in [-0.25, -0.2) is 4.79 Å². The first-order valence-corrected chi connectivity index (χ1v) is 5.86. The van der Waals surface area contributed by atoms with Crippen LogP contribution < -0.4 is 9.64 Å². The fourth-order valence-corrected chi connectivity index (χ4v) is 2.42. The number of anilines is 1. The SMILES string of the molecule is CCC1CCc2cc(OC)ccc2N1C(=O)O. The van der Waals surface area contributed by atoms with Gasteiger partial charge in [-0.1, -0.05) is 6.92 Å². The van der Waals surface area contributed by atoms with Crippen molar-refractivity contribution >= 4 is 11.8 Å². The highest BCUT2D eigenvalue weighted by Gasteiger charge is 2.29. The molecule has 0 aromatic heterocycles. The van der Waals surface area contributed by atoms with Crippen LogP contribution in [0.2, 0.25) is 0 Å². The number of fused-ring (bicyclic) bond motifs is 1. The largest absolute Gasteiger partial charge is 0.497 e. The lowest BCUT2D eigenvalue weighted by Gasteiger charge is -2.34. The van der Waals surface area contributed by atoms with Gasteiger partial charge in [-0.2, -0.15) is 0 Å². The molecule has 1 aliphatic rings. The number of rotatable bonds is 2. The summed E-state index contributed by atoms with van der Waals surface area (Å²) in [5.74, 6) is 0.782. The van der Waals surface area contributed by atoms with Gasteiger partial charge in [0.25, 0.3) is 0 Å². The Bertz CT molecular complexity index is 431. The summed E-state index contributed by atoms with van der Waals surface area (Å²) in [6.45, 7) is 2.02. The molecule has 1 heterocycles. The number of methoxy groups -OCH3 is 1. The van der Waals surface area contributed by atoms with E-state index in [2.05, 4.69) is 0 Å². The van der Waals surface area contributed by atoms with E-state index in [0.717, 1.165) is 36.3 Å². The van der Waals surface area contributed by atoms with Gasteiger partial charge < -0.3 is 9.84 Å². The average Bonchev–Trinajstić information content (AvgIpc) is 2.36. The van der Waals surface area contributed by atoms with Gasteiger partial charge in [-0.3, -0.25) is 4.90 Å². The van der Waals surface area contributed by atoms with E-state index in [1.54, 1.807) is 7.11 Å². The summed E-state index contributed by atoms with van der Waals surface area (Å²) in [7, 11) is 1.62. The molecule has 0 fully saturated rings. The minimum absolute atomic E-state index is 0.0911. The second kappa shape index (κ2) is 4.65. The molecule has 0 radical (unpaired) electrons. The van der Waals surface area contributed by atoms with Crippen LogP contribution in [0.3, 0.4) is 0 Å². The molecule has 2 rings (SSSR count). The highest BCUT2D eigenvalue weighted by Crippen LogP contribution is 2.34. The van der Waals surface area contributed by atoms with Gasteiger partial charge in [0.2, 0.25) is 0 Å². The van der Waals surface area contributed by atoms with Crippen molar-refractivity contribution in [3.8, 4) is 5.75 Å². The molecule has 0 saturated carbocycles. The first kappa shape index (κ1) is 11.8. The summed E-state index contributed by atoms with van der Waals surface area (Å²) in [6, 6.07) is 5.67. The first-order chi connectivity index (χ1) is 8.17. The number of hydrogen-bond donors (Lipinski definition) is 1. The molecule has 4 nitrogen and oxygen atoms in total. The molecule has 17 heavy (non-hydrogen) atoms. The summed E-state index contributed by atoms with van der Waals surface area (Å²) < 4.78 is 5.16. The number of aryl methyl sites for hydroxylation is 1. The van der Waals surface area contributed by atoms with Crippen LogP contribution in [0.4, 0.5) is 10.5 Å². The fourth-order valence-electron chi connectivity index (χ4n) is 2.42. The smallest absolute Gasteiger partial charge is 0.412 e. The number of benzene rings is 1. The third-order valence-corrected chi connectivity index (χ3v) is 3.34. The van der Waals surface area contributed by atoms with Gasteiger partial charge in [-0.05, 0) is 43.0 Å². The van der Waals surface area contributed by atoms with Crippen molar-refractivity contribution in [2.45, 2.75) is 32.2 Å². The predicted molar refractivity (Wildman–Crippen MR) is 65.9 cm³/mol. The van der Waals surface area contributed by atoms with Gasteiger partial charge in [0.1, 0.15) is 5.75 Å². The number of carbonyl (C=O) groups is 1. The van der Waals surface area contributed by atoms with E-state index in [0.29, 0.717) is 0 Å². The molecule has 0 bridgehead atoms. The highest BCUT2D eigenvalue weighted by molar-refractivity contribution is 5.88. The minimum atomic E-state index is -0.872. The van der Waals surface area contributed by atoms with Crippen LogP contribution in [-0.2, 0) is 6.42 Å². The molecule has 1 amide bonds. The van der Waals surface area contributed by atoms with E-state index in [1.807, 2.05) is 25.1 Å². The molecule has 92 valence electrons. The summed E-state index contributed by atoms with van der Waals surface area (Å²) >= 11 is 0. The van der Waals surface area contributed by atoms with Gasteiger partial charge in [0.15, 0.2) is 0 Å². The van der Waals surface area contributed by atoms with Crippen molar-refractivity contribution in [2.75, 3.05) is 12.0 Å². The Hall–Kier alpha value is -1.71. The normalized spacial score (nSPS) is 18.7. The predicted octanol–water partition coefficient (Wildman–Crippen LogP) is 2.90. The van der Waals surface area contributed by atoms with E-state index in [1.165, 1.54) is 4.90 Å². The molecule has 0 saturated heterocycles. The molecule has 1 aromatic carbocycles. The average molecular weight is 235 g/mol. The third kappa shape index (κ3) is 2.07. The summed E-state index contributed by atoms with van der Waals surface area (Å²) in [5.41, 5.74) is 1.85. The minimum Gasteiger partial charge on any atom is -0.497 e. The number of amides is 1. The standard InChI is InChI=1S/C13H17NO3/c1-3-10-5-4-9-8-11(17-2)6-7-12(9)14(10)13(15)16/h6-8,10H,3-5H2,1-2H3,(H,15,16). The zero-order valence-corrected chi connectivity index (χ0v) is 10.1. The maximum absolute atomic E-state index is 11.3. The van der Waals surface area contributed by atoms with Crippen molar-refractivity contribution in [2.24, 2.45) is 0 Å². The van der Waals surface area contributed by atoms with Crippen molar-refractivity contribution in [1.29, 1.82) is 0 Å². The molecular formula is C13H17NO3. The number of carboxylic acid groups (broad SMARTS) is 1. The molecule has 1 aromatic rings. The van der Waals surface area contributed by atoms with E-state index < -0.39 is 6.09 Å². The monoisotopic (exact) mass is 235 g/mol. The Labute approximate surface area is 101 Å². The molecule has 0 aliphatic carbocycles. The molecule has 4 heteroatoms. The van der Waals surface area contributed by atoms with Crippen molar-refractivity contribution in [3.63, 3.8) is 0 Å². The van der Waals surface area contributed by atoms with E-state index in [4.69, 9.17) is 4.74 Å². The van der Waals surface area contributed by atoms with Crippen LogP contribution in [0.1, 0.15) is 25.3 Å². The van der Waals surface area contributed by atoms with Gasteiger partial charge in [0, 0.05) is 6.04 Å². The van der Waals surface area contributed by atoms with Crippen LogP contribution in [0.25, 0.3) is 0 Å². The van der Waals surface area contributed by atoms with E-state index >= 15 is 0 Å². The number of ether oxygens (including phenoxy) is 1. The number of nitrogens with zero attached hydrogens (tertiary/aromatic N) is 1. The van der Waals surface area contributed by atoms with Crippen molar-refractivity contribution in [1.82, 2.24) is 0 Å². The molecular weight excluding hydrogens is 218 g/mol. The summed E-state index contributed by atoms with van der Waals surface area (Å²) in [4.78, 5) is 12.8. The molecule has 1 N–H and O–H groups in total. The molecule has 0 spiro atoms. The summed E-state index contributed by atoms with van der Waals surface area (Å²) in [5, 5.41) is 9.31. The zero-order valence-electron chi connectivity index (χ0n) is 10.1. The molecule has 1 atom stereocenters. The Balaban J connectivity index is 2.42. The third-order valence-electron chi connectivity index (χ3n) is 3.34.